The highest BCUT2D eigenvalue weighted by atomic mass is 16.5. The van der Waals surface area contributed by atoms with E-state index in [1.165, 1.54) is 0 Å². The van der Waals surface area contributed by atoms with E-state index in [0.717, 1.165) is 5.56 Å². The minimum atomic E-state index is -0.137. The molecule has 0 spiro atoms. The number of rotatable bonds is 7. The molecule has 0 bridgehead atoms. The van der Waals surface area contributed by atoms with Crippen molar-refractivity contribution >= 4 is 11.6 Å². The van der Waals surface area contributed by atoms with Crippen molar-refractivity contribution in [1.82, 2.24) is 5.32 Å². The monoisotopic (exact) mass is 356 g/mol. The zero-order chi connectivity index (χ0) is 19.2. The quantitative estimate of drug-likeness (QED) is 0.787. The number of anilines is 1. The minimum Gasteiger partial charge on any atom is -0.497 e. The molecule has 26 heavy (non-hydrogen) atoms. The van der Waals surface area contributed by atoms with Gasteiger partial charge in [0.2, 0.25) is 5.91 Å². The van der Waals surface area contributed by atoms with Crippen LogP contribution in [0.3, 0.4) is 0 Å². The van der Waals surface area contributed by atoms with Crippen LogP contribution in [0.1, 0.15) is 32.4 Å². The smallest absolute Gasteiger partial charge is 0.238 e. The third-order valence-electron chi connectivity index (χ3n) is 4.15. The molecular formula is C21H28N2O3. The van der Waals surface area contributed by atoms with Crippen LogP contribution in [0.25, 0.3) is 0 Å². The summed E-state index contributed by atoms with van der Waals surface area (Å²) in [5.74, 6) is 1.11. The van der Waals surface area contributed by atoms with E-state index >= 15 is 0 Å². The van der Waals surface area contributed by atoms with Gasteiger partial charge in [0, 0.05) is 12.1 Å². The molecule has 2 aromatic carbocycles. The van der Waals surface area contributed by atoms with Crippen LogP contribution in [0.5, 0.6) is 11.5 Å². The number of benzene rings is 2. The highest BCUT2D eigenvalue weighted by Crippen LogP contribution is 2.32. The van der Waals surface area contributed by atoms with Gasteiger partial charge in [-0.3, -0.25) is 4.79 Å². The maximum atomic E-state index is 12.5. The van der Waals surface area contributed by atoms with Gasteiger partial charge in [-0.25, -0.2) is 0 Å². The normalized spacial score (nSPS) is 12.3. The van der Waals surface area contributed by atoms with Gasteiger partial charge >= 0.3 is 0 Å². The molecule has 0 aromatic heterocycles. The first-order valence-corrected chi connectivity index (χ1v) is 8.65. The van der Waals surface area contributed by atoms with Crippen LogP contribution in [0, 0.1) is 5.41 Å². The standard InChI is InChI=1S/C21H28N2O3/c1-21(2,3)20(15-9-7-6-8-10-15)22-14-19(24)23-17-13-16(25-4)11-12-18(17)26-5/h6-13,20,22H,14H2,1-5H3,(H,23,24). The van der Waals surface area contributed by atoms with E-state index in [2.05, 4.69) is 43.5 Å². The summed E-state index contributed by atoms with van der Waals surface area (Å²) in [7, 11) is 3.16. The number of carbonyl (C=O) groups is 1. The Hall–Kier alpha value is -2.53. The molecule has 1 amide bonds. The SMILES string of the molecule is COc1ccc(OC)c(NC(=O)CNC(c2ccccc2)C(C)(C)C)c1. The molecule has 0 saturated carbocycles. The summed E-state index contributed by atoms with van der Waals surface area (Å²) in [6, 6.07) is 15.5. The lowest BCUT2D eigenvalue weighted by molar-refractivity contribution is -0.115. The Morgan fingerprint density at radius 1 is 1.04 bits per heavy atom. The van der Waals surface area contributed by atoms with Crippen LogP contribution in [-0.2, 0) is 4.79 Å². The fourth-order valence-electron chi connectivity index (χ4n) is 2.87. The highest BCUT2D eigenvalue weighted by Gasteiger charge is 2.26. The van der Waals surface area contributed by atoms with Crippen molar-refractivity contribution in [2.75, 3.05) is 26.1 Å². The van der Waals surface area contributed by atoms with Gasteiger partial charge in [-0.15, -0.1) is 0 Å². The first kappa shape index (κ1) is 19.8. The first-order chi connectivity index (χ1) is 12.3. The molecule has 140 valence electrons. The van der Waals surface area contributed by atoms with E-state index in [4.69, 9.17) is 9.47 Å². The molecule has 0 aliphatic rings. The Kier molecular flexibility index (Phi) is 6.64. The predicted octanol–water partition coefficient (Wildman–Crippen LogP) is 4.02. The first-order valence-electron chi connectivity index (χ1n) is 8.65. The van der Waals surface area contributed by atoms with Crippen molar-refractivity contribution in [3.05, 3.63) is 54.1 Å². The van der Waals surface area contributed by atoms with Gasteiger partial charge in [0.1, 0.15) is 11.5 Å². The summed E-state index contributed by atoms with van der Waals surface area (Å²) in [5, 5.41) is 6.27. The summed E-state index contributed by atoms with van der Waals surface area (Å²) >= 11 is 0. The molecule has 0 saturated heterocycles. The van der Waals surface area contributed by atoms with E-state index in [-0.39, 0.29) is 23.9 Å². The summed E-state index contributed by atoms with van der Waals surface area (Å²) in [6.07, 6.45) is 0. The maximum absolute atomic E-state index is 12.5. The van der Waals surface area contributed by atoms with Gasteiger partial charge in [-0.2, -0.15) is 0 Å². The highest BCUT2D eigenvalue weighted by molar-refractivity contribution is 5.94. The van der Waals surface area contributed by atoms with Crippen LogP contribution >= 0.6 is 0 Å². The predicted molar refractivity (Wildman–Crippen MR) is 105 cm³/mol. The number of carbonyl (C=O) groups excluding carboxylic acids is 1. The maximum Gasteiger partial charge on any atom is 0.238 e. The number of nitrogens with one attached hydrogen (secondary N) is 2. The summed E-state index contributed by atoms with van der Waals surface area (Å²) < 4.78 is 10.5. The Morgan fingerprint density at radius 3 is 2.31 bits per heavy atom. The molecular weight excluding hydrogens is 328 g/mol. The molecule has 1 unspecified atom stereocenters. The van der Waals surface area contributed by atoms with Crippen molar-refractivity contribution in [3.8, 4) is 11.5 Å². The van der Waals surface area contributed by atoms with Crippen LogP contribution in [0.15, 0.2) is 48.5 Å². The Bertz CT molecular complexity index is 724. The van der Waals surface area contributed by atoms with Gasteiger partial charge in [-0.1, -0.05) is 51.1 Å². The summed E-state index contributed by atoms with van der Waals surface area (Å²) in [6.45, 7) is 6.65. The average molecular weight is 356 g/mol. The van der Waals surface area contributed by atoms with Crippen molar-refractivity contribution in [2.24, 2.45) is 5.41 Å². The average Bonchev–Trinajstić information content (AvgIpc) is 2.61. The van der Waals surface area contributed by atoms with Gasteiger partial charge in [0.15, 0.2) is 0 Å². The number of hydrogen-bond donors (Lipinski definition) is 2. The number of methoxy groups -OCH3 is 2. The minimum absolute atomic E-state index is 0.0324. The van der Waals surface area contributed by atoms with Crippen LogP contribution in [0.2, 0.25) is 0 Å². The van der Waals surface area contributed by atoms with Crippen molar-refractivity contribution < 1.29 is 14.3 Å². The molecule has 0 aliphatic heterocycles. The van der Waals surface area contributed by atoms with Gasteiger partial charge in [-0.05, 0) is 23.1 Å². The third-order valence-corrected chi connectivity index (χ3v) is 4.15. The van der Waals surface area contributed by atoms with Crippen molar-refractivity contribution in [2.45, 2.75) is 26.8 Å². The Labute approximate surface area is 155 Å². The Morgan fingerprint density at radius 2 is 1.73 bits per heavy atom. The van der Waals surface area contributed by atoms with E-state index in [1.54, 1.807) is 32.4 Å². The fourth-order valence-corrected chi connectivity index (χ4v) is 2.87. The second-order valence-corrected chi connectivity index (χ2v) is 7.21. The molecule has 2 rings (SSSR count). The zero-order valence-electron chi connectivity index (χ0n) is 16.1. The Balaban J connectivity index is 2.07. The van der Waals surface area contributed by atoms with Crippen molar-refractivity contribution in [3.63, 3.8) is 0 Å². The lowest BCUT2D eigenvalue weighted by atomic mass is 9.82. The summed E-state index contributed by atoms with van der Waals surface area (Å²) in [4.78, 5) is 12.5. The molecule has 0 radical (unpaired) electrons. The number of ether oxygens (including phenoxy) is 2. The molecule has 2 N–H and O–H groups in total. The van der Waals surface area contributed by atoms with Crippen LogP contribution in [0.4, 0.5) is 5.69 Å². The topological polar surface area (TPSA) is 59.6 Å². The van der Waals surface area contributed by atoms with Crippen molar-refractivity contribution in [1.29, 1.82) is 0 Å². The largest absolute Gasteiger partial charge is 0.497 e. The van der Waals surface area contributed by atoms with E-state index in [0.29, 0.717) is 17.2 Å². The zero-order valence-corrected chi connectivity index (χ0v) is 16.1. The van der Waals surface area contributed by atoms with Gasteiger partial charge < -0.3 is 20.1 Å². The lowest BCUT2D eigenvalue weighted by Crippen LogP contribution is -2.37. The van der Waals surface area contributed by atoms with Gasteiger partial charge in [0.25, 0.3) is 0 Å². The lowest BCUT2D eigenvalue weighted by Gasteiger charge is -2.32. The van der Waals surface area contributed by atoms with E-state index in [9.17, 15) is 4.79 Å². The number of amides is 1. The van der Waals surface area contributed by atoms with E-state index < -0.39 is 0 Å². The molecule has 5 nitrogen and oxygen atoms in total. The second-order valence-electron chi connectivity index (χ2n) is 7.21. The molecule has 5 heteroatoms. The second kappa shape index (κ2) is 8.72. The molecule has 0 aliphatic carbocycles. The molecule has 2 aromatic rings. The molecule has 1 atom stereocenters. The van der Waals surface area contributed by atoms with Crippen LogP contribution in [-0.4, -0.2) is 26.7 Å². The van der Waals surface area contributed by atoms with Crippen LogP contribution < -0.4 is 20.1 Å². The third kappa shape index (κ3) is 5.23. The van der Waals surface area contributed by atoms with Gasteiger partial charge in [0.05, 0.1) is 26.5 Å². The fraction of sp³-hybridized carbons (Fsp3) is 0.381. The van der Waals surface area contributed by atoms with E-state index in [1.807, 2.05) is 18.2 Å². The number of hydrogen-bond acceptors (Lipinski definition) is 4. The molecule has 0 heterocycles. The summed E-state index contributed by atoms with van der Waals surface area (Å²) in [5.41, 5.74) is 1.72. The molecule has 0 fully saturated rings.